The summed E-state index contributed by atoms with van der Waals surface area (Å²) in [5.74, 6) is 0.121. The molecule has 2 aliphatic rings. The van der Waals surface area contributed by atoms with Crippen LogP contribution in [0.15, 0.2) is 0 Å². The number of carbonyl (C=O) groups excluding carboxylic acids is 1. The zero-order chi connectivity index (χ0) is 13.8. The van der Waals surface area contributed by atoms with Gasteiger partial charge in [-0.05, 0) is 39.5 Å². The molecule has 110 valence electrons. The molecule has 0 bridgehead atoms. The predicted molar refractivity (Wildman–Crippen MR) is 76.4 cm³/mol. The van der Waals surface area contributed by atoms with Crippen LogP contribution in [0.4, 0.5) is 0 Å². The van der Waals surface area contributed by atoms with E-state index in [-0.39, 0.29) is 5.91 Å². The fourth-order valence-electron chi connectivity index (χ4n) is 3.14. The first-order valence-corrected chi connectivity index (χ1v) is 7.62. The van der Waals surface area contributed by atoms with Crippen molar-refractivity contribution in [1.29, 1.82) is 0 Å². The van der Waals surface area contributed by atoms with E-state index in [2.05, 4.69) is 29.2 Å². The van der Waals surface area contributed by atoms with Crippen molar-refractivity contribution in [2.24, 2.45) is 5.73 Å². The summed E-state index contributed by atoms with van der Waals surface area (Å²) in [4.78, 5) is 14.3. The Morgan fingerprint density at radius 2 is 1.74 bits per heavy atom. The van der Waals surface area contributed by atoms with Gasteiger partial charge in [0, 0.05) is 31.2 Å². The summed E-state index contributed by atoms with van der Waals surface area (Å²) < 4.78 is 0. The number of carbonyl (C=O) groups is 1. The van der Waals surface area contributed by atoms with Crippen molar-refractivity contribution in [2.75, 3.05) is 19.6 Å². The van der Waals surface area contributed by atoms with Gasteiger partial charge in [-0.3, -0.25) is 15.1 Å². The predicted octanol–water partition coefficient (Wildman–Crippen LogP) is 0.704. The molecule has 2 unspecified atom stereocenters. The largest absolute Gasteiger partial charge is 0.328 e. The Kier molecular flexibility index (Phi) is 5.19. The van der Waals surface area contributed by atoms with Gasteiger partial charge >= 0.3 is 0 Å². The SMILES string of the molecule is CC1CCCC(C)N1NC(=O)CN1CCC(N)CC1. The molecule has 0 aromatic heterocycles. The fraction of sp³-hybridized carbons (Fsp3) is 0.929. The summed E-state index contributed by atoms with van der Waals surface area (Å²) >= 11 is 0. The molecule has 5 nitrogen and oxygen atoms in total. The topological polar surface area (TPSA) is 61.6 Å². The average Bonchev–Trinajstić information content (AvgIpc) is 2.37. The molecule has 2 atom stereocenters. The van der Waals surface area contributed by atoms with E-state index in [0.717, 1.165) is 25.9 Å². The van der Waals surface area contributed by atoms with Crippen molar-refractivity contribution in [2.45, 2.75) is 64.1 Å². The molecule has 0 spiro atoms. The zero-order valence-electron chi connectivity index (χ0n) is 12.3. The van der Waals surface area contributed by atoms with E-state index < -0.39 is 0 Å². The minimum Gasteiger partial charge on any atom is -0.328 e. The molecule has 0 aliphatic carbocycles. The number of hydrazine groups is 1. The Labute approximate surface area is 116 Å². The average molecular weight is 268 g/mol. The summed E-state index contributed by atoms with van der Waals surface area (Å²) in [6.07, 6.45) is 5.61. The first-order valence-electron chi connectivity index (χ1n) is 7.62. The second kappa shape index (κ2) is 6.68. The van der Waals surface area contributed by atoms with Crippen LogP contribution in [0.1, 0.15) is 46.0 Å². The van der Waals surface area contributed by atoms with Gasteiger partial charge in [-0.2, -0.15) is 0 Å². The van der Waals surface area contributed by atoms with Crippen LogP contribution < -0.4 is 11.2 Å². The number of nitrogens with zero attached hydrogens (tertiary/aromatic N) is 2. The van der Waals surface area contributed by atoms with Crippen LogP contribution in [0, 0.1) is 0 Å². The van der Waals surface area contributed by atoms with E-state index >= 15 is 0 Å². The van der Waals surface area contributed by atoms with Crippen LogP contribution in [0.2, 0.25) is 0 Å². The molecule has 1 amide bonds. The molecule has 0 aromatic rings. The quantitative estimate of drug-likeness (QED) is 0.791. The van der Waals surface area contributed by atoms with Crippen LogP contribution in [-0.4, -0.2) is 53.6 Å². The molecule has 2 rings (SSSR count). The molecular formula is C14H28N4O. The first-order chi connectivity index (χ1) is 9.06. The molecular weight excluding hydrogens is 240 g/mol. The van der Waals surface area contributed by atoms with Gasteiger partial charge in [-0.25, -0.2) is 5.01 Å². The highest BCUT2D eigenvalue weighted by Crippen LogP contribution is 2.20. The van der Waals surface area contributed by atoms with Crippen molar-refractivity contribution >= 4 is 5.91 Å². The van der Waals surface area contributed by atoms with Crippen molar-refractivity contribution < 1.29 is 4.79 Å². The van der Waals surface area contributed by atoms with E-state index in [1.54, 1.807) is 0 Å². The van der Waals surface area contributed by atoms with Gasteiger partial charge in [-0.1, -0.05) is 6.42 Å². The molecule has 2 heterocycles. The lowest BCUT2D eigenvalue weighted by Crippen LogP contribution is -2.56. The maximum absolute atomic E-state index is 12.1. The minimum atomic E-state index is 0.121. The molecule has 5 heteroatoms. The third kappa shape index (κ3) is 4.16. The Hall–Kier alpha value is -0.650. The van der Waals surface area contributed by atoms with Gasteiger partial charge in [0.25, 0.3) is 0 Å². The first kappa shape index (κ1) is 14.8. The third-order valence-electron chi connectivity index (χ3n) is 4.45. The number of nitrogens with one attached hydrogen (secondary N) is 1. The lowest BCUT2D eigenvalue weighted by atomic mass is 10.00. The van der Waals surface area contributed by atoms with Gasteiger partial charge in [0.1, 0.15) is 0 Å². The smallest absolute Gasteiger partial charge is 0.248 e. The number of amides is 1. The van der Waals surface area contributed by atoms with Crippen molar-refractivity contribution in [3.05, 3.63) is 0 Å². The zero-order valence-corrected chi connectivity index (χ0v) is 12.3. The highest BCUT2D eigenvalue weighted by molar-refractivity contribution is 5.77. The number of hydrogen-bond donors (Lipinski definition) is 2. The molecule has 19 heavy (non-hydrogen) atoms. The van der Waals surface area contributed by atoms with E-state index in [9.17, 15) is 4.79 Å². The minimum absolute atomic E-state index is 0.121. The van der Waals surface area contributed by atoms with Gasteiger partial charge in [0.05, 0.1) is 6.54 Å². The molecule has 2 saturated heterocycles. The molecule has 0 aromatic carbocycles. The molecule has 2 aliphatic heterocycles. The molecule has 0 radical (unpaired) electrons. The second-order valence-electron chi connectivity index (χ2n) is 6.18. The Morgan fingerprint density at radius 1 is 1.16 bits per heavy atom. The standard InChI is InChI=1S/C14H28N4O/c1-11-4-3-5-12(2)18(11)16-14(19)10-17-8-6-13(15)7-9-17/h11-13H,3-10,15H2,1-2H3,(H,16,19). The lowest BCUT2D eigenvalue weighted by Gasteiger charge is -2.39. The van der Waals surface area contributed by atoms with Gasteiger partial charge < -0.3 is 5.73 Å². The number of hydrogen-bond acceptors (Lipinski definition) is 4. The van der Waals surface area contributed by atoms with Crippen LogP contribution in [0.3, 0.4) is 0 Å². The lowest BCUT2D eigenvalue weighted by molar-refractivity contribution is -0.130. The summed E-state index contributed by atoms with van der Waals surface area (Å²) in [6.45, 7) is 6.77. The molecule has 0 saturated carbocycles. The van der Waals surface area contributed by atoms with Gasteiger partial charge in [-0.15, -0.1) is 0 Å². The van der Waals surface area contributed by atoms with Gasteiger partial charge in [0.15, 0.2) is 0 Å². The highest BCUT2D eigenvalue weighted by Gasteiger charge is 2.27. The van der Waals surface area contributed by atoms with Crippen molar-refractivity contribution in [3.8, 4) is 0 Å². The molecule has 2 fully saturated rings. The Morgan fingerprint density at radius 3 is 2.32 bits per heavy atom. The Bertz CT molecular complexity index is 292. The summed E-state index contributed by atoms with van der Waals surface area (Å²) in [7, 11) is 0. The van der Waals surface area contributed by atoms with Crippen LogP contribution >= 0.6 is 0 Å². The number of piperidine rings is 2. The second-order valence-corrected chi connectivity index (χ2v) is 6.18. The number of likely N-dealkylation sites (tertiary alicyclic amines) is 1. The Balaban J connectivity index is 1.77. The highest BCUT2D eigenvalue weighted by atomic mass is 16.2. The van der Waals surface area contributed by atoms with Crippen molar-refractivity contribution in [3.63, 3.8) is 0 Å². The number of rotatable bonds is 3. The third-order valence-corrected chi connectivity index (χ3v) is 4.45. The summed E-state index contributed by atoms with van der Waals surface area (Å²) in [5, 5.41) is 2.14. The van der Waals surface area contributed by atoms with E-state index in [4.69, 9.17) is 5.73 Å². The normalized spacial score (nSPS) is 31.3. The van der Waals surface area contributed by atoms with E-state index in [1.165, 1.54) is 19.3 Å². The van der Waals surface area contributed by atoms with Crippen LogP contribution in [0.5, 0.6) is 0 Å². The van der Waals surface area contributed by atoms with E-state index in [1.807, 2.05) is 0 Å². The maximum atomic E-state index is 12.1. The monoisotopic (exact) mass is 268 g/mol. The summed E-state index contributed by atoms with van der Waals surface area (Å²) in [6, 6.07) is 1.21. The van der Waals surface area contributed by atoms with E-state index in [0.29, 0.717) is 24.7 Å². The van der Waals surface area contributed by atoms with Crippen LogP contribution in [0.25, 0.3) is 0 Å². The van der Waals surface area contributed by atoms with Crippen LogP contribution in [-0.2, 0) is 4.79 Å². The van der Waals surface area contributed by atoms with Crippen molar-refractivity contribution in [1.82, 2.24) is 15.3 Å². The fourth-order valence-corrected chi connectivity index (χ4v) is 3.14. The maximum Gasteiger partial charge on any atom is 0.248 e. The summed E-state index contributed by atoms with van der Waals surface area (Å²) in [5.41, 5.74) is 8.98. The number of nitrogens with two attached hydrogens (primary N) is 1. The van der Waals surface area contributed by atoms with Gasteiger partial charge in [0.2, 0.25) is 5.91 Å². The molecule has 3 N–H and O–H groups in total.